The van der Waals surface area contributed by atoms with Crippen LogP contribution in [0.3, 0.4) is 0 Å². The van der Waals surface area contributed by atoms with Gasteiger partial charge in [0.25, 0.3) is 0 Å². The Bertz CT molecular complexity index is 271. The molecule has 0 amide bonds. The summed E-state index contributed by atoms with van der Waals surface area (Å²) in [7, 11) is 0. The second kappa shape index (κ2) is 8.68. The molecule has 92 valence electrons. The molecule has 0 aromatic carbocycles. The summed E-state index contributed by atoms with van der Waals surface area (Å²) in [6.45, 7) is 3.19. The van der Waals surface area contributed by atoms with Crippen LogP contribution in [0.2, 0.25) is 0 Å². The number of hydrogen-bond donors (Lipinski definition) is 1. The minimum absolute atomic E-state index is 1.04. The molecule has 0 atom stereocenters. The molecule has 0 radical (unpaired) electrons. The fraction of sp³-hybridized carbons (Fsp3) is 0.769. The maximum Gasteiger partial charge on any atom is 0.0492 e. The standard InChI is InChI=1S/C13H24N2S/c1-13-9-10-14-15(13)11-7-5-3-2-4-6-8-12-16/h9-10,16H,2-8,11-12H2,1H3. The first-order valence-electron chi connectivity index (χ1n) is 6.44. The highest BCUT2D eigenvalue weighted by Gasteiger charge is 1.96. The van der Waals surface area contributed by atoms with Crippen LogP contribution in [0.4, 0.5) is 0 Å². The van der Waals surface area contributed by atoms with E-state index in [1.807, 2.05) is 6.20 Å². The number of aromatic nitrogens is 2. The van der Waals surface area contributed by atoms with Crippen molar-refractivity contribution in [3.8, 4) is 0 Å². The van der Waals surface area contributed by atoms with Crippen LogP contribution in [0.1, 0.15) is 50.6 Å². The van der Waals surface area contributed by atoms with Crippen LogP contribution in [0.25, 0.3) is 0 Å². The Morgan fingerprint density at radius 2 is 1.69 bits per heavy atom. The van der Waals surface area contributed by atoms with Gasteiger partial charge < -0.3 is 0 Å². The molecule has 2 nitrogen and oxygen atoms in total. The molecule has 0 saturated carbocycles. The molecule has 0 fully saturated rings. The first-order valence-corrected chi connectivity index (χ1v) is 7.07. The highest BCUT2D eigenvalue weighted by atomic mass is 32.1. The molecule has 1 aromatic heterocycles. The van der Waals surface area contributed by atoms with Crippen molar-refractivity contribution in [2.45, 2.75) is 58.4 Å². The van der Waals surface area contributed by atoms with Crippen molar-refractivity contribution in [3.05, 3.63) is 18.0 Å². The molecule has 0 aliphatic carbocycles. The average molecular weight is 240 g/mol. The van der Waals surface area contributed by atoms with E-state index in [-0.39, 0.29) is 0 Å². The summed E-state index contributed by atoms with van der Waals surface area (Å²) in [5, 5.41) is 4.28. The van der Waals surface area contributed by atoms with Crippen LogP contribution in [0, 0.1) is 6.92 Å². The maximum atomic E-state index is 4.28. The van der Waals surface area contributed by atoms with E-state index in [2.05, 4.69) is 35.4 Å². The number of unbranched alkanes of at least 4 members (excludes halogenated alkanes) is 6. The average Bonchev–Trinajstić information content (AvgIpc) is 2.68. The molecule has 16 heavy (non-hydrogen) atoms. The molecule has 1 rings (SSSR count). The lowest BCUT2D eigenvalue weighted by molar-refractivity contribution is 0.516. The van der Waals surface area contributed by atoms with Crippen LogP contribution in [0.5, 0.6) is 0 Å². The van der Waals surface area contributed by atoms with E-state index in [0.29, 0.717) is 0 Å². The van der Waals surface area contributed by atoms with E-state index in [1.165, 1.54) is 50.6 Å². The Morgan fingerprint density at radius 1 is 1.06 bits per heavy atom. The molecule has 1 aromatic rings. The molecule has 1 heterocycles. The number of aryl methyl sites for hydroxylation is 2. The quantitative estimate of drug-likeness (QED) is 0.513. The zero-order valence-electron chi connectivity index (χ0n) is 10.4. The highest BCUT2D eigenvalue weighted by molar-refractivity contribution is 7.80. The van der Waals surface area contributed by atoms with Gasteiger partial charge >= 0.3 is 0 Å². The molecule has 0 unspecified atom stereocenters. The highest BCUT2D eigenvalue weighted by Crippen LogP contribution is 2.08. The van der Waals surface area contributed by atoms with Gasteiger partial charge in [-0.1, -0.05) is 32.1 Å². The van der Waals surface area contributed by atoms with Gasteiger partial charge in [0.2, 0.25) is 0 Å². The molecular weight excluding hydrogens is 216 g/mol. The molecule has 0 spiro atoms. The van der Waals surface area contributed by atoms with Crippen molar-refractivity contribution in [2.75, 3.05) is 5.75 Å². The van der Waals surface area contributed by atoms with Crippen molar-refractivity contribution in [1.82, 2.24) is 9.78 Å². The van der Waals surface area contributed by atoms with E-state index in [1.54, 1.807) is 0 Å². The minimum atomic E-state index is 1.04. The van der Waals surface area contributed by atoms with Crippen LogP contribution in [-0.4, -0.2) is 15.5 Å². The third kappa shape index (κ3) is 5.59. The second-order valence-corrected chi connectivity index (χ2v) is 4.84. The van der Waals surface area contributed by atoms with Crippen molar-refractivity contribution < 1.29 is 0 Å². The zero-order chi connectivity index (χ0) is 11.6. The maximum absolute atomic E-state index is 4.28. The van der Waals surface area contributed by atoms with E-state index in [0.717, 1.165) is 12.3 Å². The number of nitrogens with zero attached hydrogens (tertiary/aromatic N) is 2. The summed E-state index contributed by atoms with van der Waals surface area (Å²) in [4.78, 5) is 0. The van der Waals surface area contributed by atoms with Crippen molar-refractivity contribution in [2.24, 2.45) is 0 Å². The van der Waals surface area contributed by atoms with Gasteiger partial charge in [0.15, 0.2) is 0 Å². The summed E-state index contributed by atoms with van der Waals surface area (Å²) < 4.78 is 2.10. The van der Waals surface area contributed by atoms with E-state index in [9.17, 15) is 0 Å². The largest absolute Gasteiger partial charge is 0.270 e. The Kier molecular flexibility index (Phi) is 7.39. The van der Waals surface area contributed by atoms with Gasteiger partial charge in [-0.15, -0.1) is 0 Å². The van der Waals surface area contributed by atoms with Crippen LogP contribution in [0.15, 0.2) is 12.3 Å². The predicted octanol–water partition coefficient (Wildman–Crippen LogP) is 3.85. The normalized spacial score (nSPS) is 10.9. The van der Waals surface area contributed by atoms with Gasteiger partial charge in [-0.3, -0.25) is 4.68 Å². The van der Waals surface area contributed by atoms with Crippen molar-refractivity contribution >= 4 is 12.6 Å². The second-order valence-electron chi connectivity index (χ2n) is 4.39. The van der Waals surface area contributed by atoms with Crippen LogP contribution < -0.4 is 0 Å². The monoisotopic (exact) mass is 240 g/mol. The van der Waals surface area contributed by atoms with E-state index < -0.39 is 0 Å². The van der Waals surface area contributed by atoms with Gasteiger partial charge in [-0.05, 0) is 31.6 Å². The minimum Gasteiger partial charge on any atom is -0.270 e. The van der Waals surface area contributed by atoms with E-state index in [4.69, 9.17) is 0 Å². The summed E-state index contributed by atoms with van der Waals surface area (Å²) in [6.07, 6.45) is 11.2. The SMILES string of the molecule is Cc1ccnn1CCCCCCCCCS. The summed E-state index contributed by atoms with van der Waals surface area (Å²) in [6, 6.07) is 2.07. The Labute approximate surface area is 105 Å². The topological polar surface area (TPSA) is 17.8 Å². The van der Waals surface area contributed by atoms with Gasteiger partial charge in [-0.2, -0.15) is 17.7 Å². The third-order valence-electron chi connectivity index (χ3n) is 2.96. The zero-order valence-corrected chi connectivity index (χ0v) is 11.3. The Hall–Kier alpha value is -0.440. The first-order chi connectivity index (χ1) is 7.84. The Morgan fingerprint density at radius 3 is 2.25 bits per heavy atom. The lowest BCUT2D eigenvalue weighted by atomic mass is 10.1. The van der Waals surface area contributed by atoms with Gasteiger partial charge in [0.05, 0.1) is 0 Å². The van der Waals surface area contributed by atoms with Gasteiger partial charge in [-0.25, -0.2) is 0 Å². The molecule has 0 aliphatic rings. The van der Waals surface area contributed by atoms with Crippen LogP contribution in [-0.2, 0) is 6.54 Å². The summed E-state index contributed by atoms with van der Waals surface area (Å²) in [5.41, 5.74) is 1.27. The molecule has 0 bridgehead atoms. The number of rotatable bonds is 9. The molecule has 0 aliphatic heterocycles. The third-order valence-corrected chi connectivity index (χ3v) is 3.27. The fourth-order valence-electron chi connectivity index (χ4n) is 1.89. The molecule has 0 saturated heterocycles. The lowest BCUT2D eigenvalue weighted by Gasteiger charge is -2.04. The Balaban J connectivity index is 1.91. The predicted molar refractivity (Wildman–Crippen MR) is 73.1 cm³/mol. The first kappa shape index (κ1) is 13.6. The molecule has 3 heteroatoms. The van der Waals surface area contributed by atoms with Crippen molar-refractivity contribution in [3.63, 3.8) is 0 Å². The smallest absolute Gasteiger partial charge is 0.0492 e. The lowest BCUT2D eigenvalue weighted by Crippen LogP contribution is -2.01. The van der Waals surface area contributed by atoms with Gasteiger partial charge in [0.1, 0.15) is 0 Å². The van der Waals surface area contributed by atoms with Gasteiger partial charge in [0, 0.05) is 18.4 Å². The fourth-order valence-corrected chi connectivity index (χ4v) is 2.11. The van der Waals surface area contributed by atoms with E-state index >= 15 is 0 Å². The number of thiol groups is 1. The van der Waals surface area contributed by atoms with Crippen molar-refractivity contribution in [1.29, 1.82) is 0 Å². The number of hydrogen-bond acceptors (Lipinski definition) is 2. The summed E-state index contributed by atoms with van der Waals surface area (Å²) in [5.74, 6) is 1.04. The summed E-state index contributed by atoms with van der Waals surface area (Å²) >= 11 is 4.21. The molecule has 0 N–H and O–H groups in total. The van der Waals surface area contributed by atoms with Crippen LogP contribution >= 0.6 is 12.6 Å². The molecular formula is C13H24N2S.